The number of benzene rings is 2. The molecule has 3 rings (SSSR count). The van der Waals surface area contributed by atoms with Crippen molar-refractivity contribution >= 4 is 39.1 Å². The molecule has 1 atom stereocenters. The van der Waals surface area contributed by atoms with Crippen molar-refractivity contribution in [1.82, 2.24) is 0 Å². The van der Waals surface area contributed by atoms with Crippen molar-refractivity contribution in [3.63, 3.8) is 0 Å². The van der Waals surface area contributed by atoms with Gasteiger partial charge in [-0.2, -0.15) is 0 Å². The molecule has 0 aromatic heterocycles. The average molecular weight is 371 g/mol. The van der Waals surface area contributed by atoms with Crippen LogP contribution in [-0.2, 0) is 4.79 Å². The summed E-state index contributed by atoms with van der Waals surface area (Å²) in [7, 11) is 0. The Morgan fingerprint density at radius 1 is 1.29 bits per heavy atom. The fraction of sp³-hybridized carbons (Fsp3) is 0.133. The highest BCUT2D eigenvalue weighted by Gasteiger charge is 2.20. The normalized spacial score (nSPS) is 14.9. The van der Waals surface area contributed by atoms with Gasteiger partial charge in [0.25, 0.3) is 5.91 Å². The molecule has 1 unspecified atom stereocenters. The summed E-state index contributed by atoms with van der Waals surface area (Å²) < 4.78 is 19.2. The highest BCUT2D eigenvalue weighted by molar-refractivity contribution is 9.09. The third-order valence-corrected chi connectivity index (χ3v) is 4.42. The van der Waals surface area contributed by atoms with Gasteiger partial charge < -0.3 is 10.1 Å². The predicted molar refractivity (Wildman–Crippen MR) is 82.7 cm³/mol. The van der Waals surface area contributed by atoms with Crippen molar-refractivity contribution < 1.29 is 13.9 Å². The SMILES string of the molecule is O=C1COc2ccc(C(Br)c3cc(Cl)ccc3F)cc2N1. The smallest absolute Gasteiger partial charge is 0.262 e. The minimum atomic E-state index is -0.375. The van der Waals surface area contributed by atoms with Gasteiger partial charge in [-0.1, -0.05) is 33.6 Å². The maximum atomic E-state index is 13.9. The Labute approximate surface area is 134 Å². The minimum absolute atomic E-state index is 0.00695. The lowest BCUT2D eigenvalue weighted by molar-refractivity contribution is -0.118. The van der Waals surface area contributed by atoms with Gasteiger partial charge in [0.05, 0.1) is 10.5 Å². The predicted octanol–water partition coefficient (Wildman–Crippen LogP) is 4.29. The molecule has 2 aromatic carbocycles. The average Bonchev–Trinajstić information content (AvgIpc) is 2.48. The lowest BCUT2D eigenvalue weighted by Gasteiger charge is -2.20. The summed E-state index contributed by atoms with van der Waals surface area (Å²) in [6.45, 7) is 0.00695. The molecule has 1 amide bonds. The fourth-order valence-corrected chi connectivity index (χ4v) is 2.96. The molecule has 21 heavy (non-hydrogen) atoms. The first-order valence-corrected chi connectivity index (χ1v) is 7.49. The number of carbonyl (C=O) groups excluding carboxylic acids is 1. The molecule has 0 radical (unpaired) electrons. The van der Waals surface area contributed by atoms with Crippen LogP contribution in [0.3, 0.4) is 0 Å². The van der Waals surface area contributed by atoms with E-state index in [0.29, 0.717) is 22.0 Å². The third kappa shape index (κ3) is 2.89. The zero-order valence-corrected chi connectivity index (χ0v) is 13.0. The molecule has 0 spiro atoms. The summed E-state index contributed by atoms with van der Waals surface area (Å²) in [5, 5.41) is 3.19. The van der Waals surface area contributed by atoms with Crippen LogP contribution in [0.1, 0.15) is 16.0 Å². The van der Waals surface area contributed by atoms with Crippen LogP contribution in [0.15, 0.2) is 36.4 Å². The summed E-state index contributed by atoms with van der Waals surface area (Å²) in [4.78, 5) is 11.0. The first-order valence-electron chi connectivity index (χ1n) is 6.20. The van der Waals surface area contributed by atoms with Crippen LogP contribution >= 0.6 is 27.5 Å². The van der Waals surface area contributed by atoms with E-state index < -0.39 is 0 Å². The topological polar surface area (TPSA) is 38.3 Å². The number of ether oxygens (including phenoxy) is 1. The molecule has 2 aromatic rings. The fourth-order valence-electron chi connectivity index (χ4n) is 2.15. The van der Waals surface area contributed by atoms with Gasteiger partial charge in [0.15, 0.2) is 6.61 Å². The second-order valence-corrected chi connectivity index (χ2v) is 5.97. The number of nitrogens with one attached hydrogen (secondary N) is 1. The number of hydrogen-bond donors (Lipinski definition) is 1. The van der Waals surface area contributed by atoms with E-state index in [0.717, 1.165) is 5.56 Å². The van der Waals surface area contributed by atoms with E-state index in [-0.39, 0.29) is 23.2 Å². The van der Waals surface area contributed by atoms with E-state index in [2.05, 4.69) is 21.2 Å². The van der Waals surface area contributed by atoms with E-state index >= 15 is 0 Å². The van der Waals surface area contributed by atoms with Gasteiger partial charge >= 0.3 is 0 Å². The van der Waals surface area contributed by atoms with Crippen LogP contribution in [0.2, 0.25) is 5.02 Å². The second-order valence-electron chi connectivity index (χ2n) is 4.62. The van der Waals surface area contributed by atoms with Crippen LogP contribution in [0.5, 0.6) is 5.75 Å². The summed E-state index contributed by atoms with van der Waals surface area (Å²) in [5.74, 6) is 0.0450. The largest absolute Gasteiger partial charge is 0.482 e. The van der Waals surface area contributed by atoms with Gasteiger partial charge in [-0.25, -0.2) is 4.39 Å². The molecule has 1 heterocycles. The van der Waals surface area contributed by atoms with E-state index in [4.69, 9.17) is 16.3 Å². The van der Waals surface area contributed by atoms with Crippen LogP contribution in [0.25, 0.3) is 0 Å². The Balaban J connectivity index is 1.98. The van der Waals surface area contributed by atoms with Crippen LogP contribution in [0, 0.1) is 5.82 Å². The zero-order chi connectivity index (χ0) is 15.0. The number of fused-ring (bicyclic) bond motifs is 1. The van der Waals surface area contributed by atoms with E-state index in [1.807, 2.05) is 6.07 Å². The summed E-state index contributed by atoms with van der Waals surface area (Å²) in [5.41, 5.74) is 1.81. The molecule has 108 valence electrons. The second kappa shape index (κ2) is 5.66. The standard InChI is InChI=1S/C15H10BrClFNO2/c16-15(10-6-9(17)2-3-11(10)18)8-1-4-13-12(5-8)19-14(20)7-21-13/h1-6,15H,7H2,(H,19,20). The third-order valence-electron chi connectivity index (χ3n) is 3.16. The quantitative estimate of drug-likeness (QED) is 0.801. The molecular formula is C15H10BrClFNO2. The van der Waals surface area contributed by atoms with Gasteiger partial charge in [-0.05, 0) is 35.9 Å². The van der Waals surface area contributed by atoms with E-state index in [9.17, 15) is 9.18 Å². The zero-order valence-electron chi connectivity index (χ0n) is 10.7. The highest BCUT2D eigenvalue weighted by Crippen LogP contribution is 2.38. The van der Waals surface area contributed by atoms with Crippen LogP contribution in [-0.4, -0.2) is 12.5 Å². The van der Waals surface area contributed by atoms with Gasteiger partial charge in [-0.3, -0.25) is 4.79 Å². The van der Waals surface area contributed by atoms with Crippen molar-refractivity contribution in [3.05, 3.63) is 58.4 Å². The van der Waals surface area contributed by atoms with Gasteiger partial charge in [0, 0.05) is 10.6 Å². The molecule has 0 saturated carbocycles. The summed E-state index contributed by atoms with van der Waals surface area (Å²) in [6, 6.07) is 9.73. The molecule has 1 aliphatic heterocycles. The highest BCUT2D eigenvalue weighted by atomic mass is 79.9. The number of alkyl halides is 1. The molecule has 1 aliphatic rings. The number of rotatable bonds is 2. The Bertz CT molecular complexity index is 723. The lowest BCUT2D eigenvalue weighted by Crippen LogP contribution is -2.25. The van der Waals surface area contributed by atoms with Crippen LogP contribution in [0.4, 0.5) is 10.1 Å². The maximum absolute atomic E-state index is 13.9. The van der Waals surface area contributed by atoms with Gasteiger partial charge in [0.1, 0.15) is 11.6 Å². The number of halogens is 3. The Morgan fingerprint density at radius 3 is 2.90 bits per heavy atom. The number of amides is 1. The van der Waals surface area contributed by atoms with Gasteiger partial charge in [-0.15, -0.1) is 0 Å². The number of carbonyl (C=O) groups is 1. The Hall–Kier alpha value is -1.59. The summed E-state index contributed by atoms with van der Waals surface area (Å²) >= 11 is 9.39. The van der Waals surface area contributed by atoms with Crippen molar-refractivity contribution in [2.24, 2.45) is 0 Å². The molecule has 0 saturated heterocycles. The molecule has 3 nitrogen and oxygen atoms in total. The number of anilines is 1. The van der Waals surface area contributed by atoms with Crippen molar-refractivity contribution in [2.45, 2.75) is 4.83 Å². The van der Waals surface area contributed by atoms with Gasteiger partial charge in [0.2, 0.25) is 0 Å². The number of hydrogen-bond acceptors (Lipinski definition) is 2. The molecule has 0 aliphatic carbocycles. The maximum Gasteiger partial charge on any atom is 0.262 e. The first-order chi connectivity index (χ1) is 10.0. The Kier molecular flexibility index (Phi) is 3.87. The van der Waals surface area contributed by atoms with Crippen LogP contribution < -0.4 is 10.1 Å². The van der Waals surface area contributed by atoms with Crippen molar-refractivity contribution in [3.8, 4) is 5.75 Å². The molecule has 6 heteroatoms. The minimum Gasteiger partial charge on any atom is -0.482 e. The van der Waals surface area contributed by atoms with Crippen molar-refractivity contribution in [1.29, 1.82) is 0 Å². The first kappa shape index (κ1) is 14.4. The van der Waals surface area contributed by atoms with E-state index in [1.54, 1.807) is 18.2 Å². The van der Waals surface area contributed by atoms with Crippen molar-refractivity contribution in [2.75, 3.05) is 11.9 Å². The van der Waals surface area contributed by atoms with E-state index in [1.165, 1.54) is 12.1 Å². The monoisotopic (exact) mass is 369 g/mol. The molecule has 1 N–H and O–H groups in total. The molecule has 0 fully saturated rings. The summed E-state index contributed by atoms with van der Waals surface area (Å²) in [6.07, 6.45) is 0. The molecular weight excluding hydrogens is 361 g/mol. The lowest BCUT2D eigenvalue weighted by atomic mass is 10.0. The Morgan fingerprint density at radius 2 is 2.10 bits per heavy atom. The molecule has 0 bridgehead atoms.